The van der Waals surface area contributed by atoms with Gasteiger partial charge in [0.2, 0.25) is 0 Å². The Hall–Kier alpha value is -3.02. The Morgan fingerprint density at radius 1 is 1.08 bits per heavy atom. The summed E-state index contributed by atoms with van der Waals surface area (Å²) in [4.78, 5) is 24.1. The molecule has 2 aromatic rings. The van der Waals surface area contributed by atoms with Crippen LogP contribution in [0.1, 0.15) is 31.9 Å². The third-order valence-corrected chi connectivity index (χ3v) is 3.31. The topological polar surface area (TPSA) is 84.9 Å². The summed E-state index contributed by atoms with van der Waals surface area (Å²) < 4.78 is 10.5. The van der Waals surface area contributed by atoms with Crippen molar-refractivity contribution in [2.45, 2.75) is 39.4 Å². The molecule has 0 aliphatic rings. The van der Waals surface area contributed by atoms with Gasteiger partial charge in [-0.3, -0.25) is 10.1 Å². The van der Waals surface area contributed by atoms with Gasteiger partial charge in [0.1, 0.15) is 18.0 Å². The molecule has 0 bridgehead atoms. The fourth-order valence-electron chi connectivity index (χ4n) is 2.19. The van der Waals surface area contributed by atoms with E-state index in [-0.39, 0.29) is 18.8 Å². The number of rotatable bonds is 5. The molecule has 6 heteroatoms. The number of aromatic hydroxyl groups is 1. The Morgan fingerprint density at radius 2 is 1.77 bits per heavy atom. The number of hydrogen-bond donors (Lipinski definition) is 2. The summed E-state index contributed by atoms with van der Waals surface area (Å²) in [5.74, 6) is -0.468. The highest BCUT2D eigenvalue weighted by Crippen LogP contribution is 2.23. The van der Waals surface area contributed by atoms with Crippen LogP contribution in [0.3, 0.4) is 0 Å². The van der Waals surface area contributed by atoms with E-state index in [1.54, 1.807) is 26.8 Å². The summed E-state index contributed by atoms with van der Waals surface area (Å²) >= 11 is 0. The summed E-state index contributed by atoms with van der Waals surface area (Å²) in [6.07, 6.45) is -0.708. The Morgan fingerprint density at radius 3 is 2.42 bits per heavy atom. The minimum Gasteiger partial charge on any atom is -0.508 e. The van der Waals surface area contributed by atoms with Crippen LogP contribution in [0.4, 0.5) is 10.5 Å². The number of carbonyl (C=O) groups excluding carboxylic acids is 2. The third-order valence-electron chi connectivity index (χ3n) is 3.31. The zero-order chi connectivity index (χ0) is 19.2. The number of esters is 1. The molecule has 2 N–H and O–H groups in total. The molecular weight excluding hydrogens is 334 g/mol. The summed E-state index contributed by atoms with van der Waals surface area (Å²) in [5.41, 5.74) is 1.05. The van der Waals surface area contributed by atoms with Gasteiger partial charge in [0, 0.05) is 6.07 Å². The number of hydrogen-bond acceptors (Lipinski definition) is 5. The van der Waals surface area contributed by atoms with Gasteiger partial charge in [-0.05, 0) is 38.0 Å². The number of nitrogens with one attached hydrogen (secondary N) is 1. The molecule has 0 aliphatic heterocycles. The van der Waals surface area contributed by atoms with Crippen LogP contribution in [0.25, 0.3) is 0 Å². The highest BCUT2D eigenvalue weighted by atomic mass is 16.6. The highest BCUT2D eigenvalue weighted by molar-refractivity contribution is 5.87. The van der Waals surface area contributed by atoms with Gasteiger partial charge in [0.05, 0.1) is 12.1 Å². The first kappa shape index (κ1) is 19.3. The van der Waals surface area contributed by atoms with Crippen LogP contribution in [0, 0.1) is 0 Å². The fraction of sp³-hybridized carbons (Fsp3) is 0.300. The fourth-order valence-corrected chi connectivity index (χ4v) is 2.19. The molecule has 0 saturated heterocycles. The van der Waals surface area contributed by atoms with Crippen LogP contribution in [0.5, 0.6) is 5.75 Å². The predicted molar refractivity (Wildman–Crippen MR) is 97.9 cm³/mol. The monoisotopic (exact) mass is 357 g/mol. The number of amides is 1. The molecule has 0 spiro atoms. The quantitative estimate of drug-likeness (QED) is 0.789. The second-order valence-corrected chi connectivity index (χ2v) is 6.79. The Kier molecular flexibility index (Phi) is 6.22. The van der Waals surface area contributed by atoms with Crippen LogP contribution in [-0.4, -0.2) is 22.8 Å². The molecule has 6 nitrogen and oxygen atoms in total. The molecule has 26 heavy (non-hydrogen) atoms. The first-order valence-corrected chi connectivity index (χ1v) is 8.24. The number of benzene rings is 2. The maximum absolute atomic E-state index is 12.1. The second-order valence-electron chi connectivity index (χ2n) is 6.79. The number of ether oxygens (including phenoxy) is 2. The van der Waals surface area contributed by atoms with Crippen molar-refractivity contribution in [3.63, 3.8) is 0 Å². The molecule has 2 rings (SSSR count). The first-order chi connectivity index (χ1) is 12.2. The maximum Gasteiger partial charge on any atom is 0.412 e. The van der Waals surface area contributed by atoms with Crippen molar-refractivity contribution in [3.8, 4) is 5.75 Å². The van der Waals surface area contributed by atoms with Crippen molar-refractivity contribution in [2.24, 2.45) is 0 Å². The van der Waals surface area contributed by atoms with Crippen LogP contribution < -0.4 is 5.32 Å². The SMILES string of the molecule is CC(C)(C)OC(=O)Nc1cc(O)ccc1CC(=O)OCc1ccccc1. The Labute approximate surface area is 152 Å². The van der Waals surface area contributed by atoms with E-state index in [4.69, 9.17) is 9.47 Å². The Bertz CT molecular complexity index is 766. The number of phenols is 1. The third kappa shape index (κ3) is 6.47. The average Bonchev–Trinajstić information content (AvgIpc) is 2.54. The lowest BCUT2D eigenvalue weighted by Gasteiger charge is -2.20. The molecule has 0 saturated carbocycles. The lowest BCUT2D eigenvalue weighted by molar-refractivity contribution is -0.144. The number of carbonyl (C=O) groups is 2. The molecule has 0 atom stereocenters. The van der Waals surface area contributed by atoms with E-state index in [2.05, 4.69) is 5.32 Å². The summed E-state index contributed by atoms with van der Waals surface area (Å²) in [6.45, 7) is 5.41. The van der Waals surface area contributed by atoms with Gasteiger partial charge >= 0.3 is 12.1 Å². The zero-order valence-electron chi connectivity index (χ0n) is 15.1. The molecule has 0 unspecified atom stereocenters. The van der Waals surface area contributed by atoms with Crippen molar-refractivity contribution >= 4 is 17.7 Å². The first-order valence-electron chi connectivity index (χ1n) is 8.24. The van der Waals surface area contributed by atoms with Gasteiger partial charge < -0.3 is 14.6 Å². The van der Waals surface area contributed by atoms with Gasteiger partial charge in [-0.25, -0.2) is 4.79 Å². The molecule has 0 heterocycles. The molecule has 0 aromatic heterocycles. The van der Waals surface area contributed by atoms with Gasteiger partial charge in [0.25, 0.3) is 0 Å². The van der Waals surface area contributed by atoms with Crippen LogP contribution in [0.15, 0.2) is 48.5 Å². The lowest BCUT2D eigenvalue weighted by atomic mass is 10.1. The minimum atomic E-state index is -0.665. The smallest absolute Gasteiger partial charge is 0.412 e. The van der Waals surface area contributed by atoms with Gasteiger partial charge in [-0.1, -0.05) is 36.4 Å². The van der Waals surface area contributed by atoms with Crippen molar-refractivity contribution in [2.75, 3.05) is 5.32 Å². The maximum atomic E-state index is 12.1. The van der Waals surface area contributed by atoms with E-state index in [0.29, 0.717) is 11.3 Å². The van der Waals surface area contributed by atoms with Gasteiger partial charge in [0.15, 0.2) is 0 Å². The van der Waals surface area contributed by atoms with Gasteiger partial charge in [-0.15, -0.1) is 0 Å². The van der Waals surface area contributed by atoms with E-state index in [1.807, 2.05) is 30.3 Å². The van der Waals surface area contributed by atoms with Gasteiger partial charge in [-0.2, -0.15) is 0 Å². The van der Waals surface area contributed by atoms with E-state index >= 15 is 0 Å². The molecular formula is C20H23NO5. The van der Waals surface area contributed by atoms with Crippen LogP contribution in [-0.2, 0) is 27.3 Å². The van der Waals surface area contributed by atoms with Crippen molar-refractivity contribution in [3.05, 3.63) is 59.7 Å². The summed E-state index contributed by atoms with van der Waals surface area (Å²) in [6, 6.07) is 13.7. The van der Waals surface area contributed by atoms with Crippen molar-refractivity contribution in [1.82, 2.24) is 0 Å². The zero-order valence-corrected chi connectivity index (χ0v) is 15.1. The highest BCUT2D eigenvalue weighted by Gasteiger charge is 2.18. The lowest BCUT2D eigenvalue weighted by Crippen LogP contribution is -2.27. The van der Waals surface area contributed by atoms with E-state index < -0.39 is 17.7 Å². The van der Waals surface area contributed by atoms with E-state index in [9.17, 15) is 14.7 Å². The number of phenolic OH excluding ortho intramolecular Hbond substituents is 1. The van der Waals surface area contributed by atoms with E-state index in [1.165, 1.54) is 12.1 Å². The number of anilines is 1. The van der Waals surface area contributed by atoms with Crippen molar-refractivity contribution in [1.29, 1.82) is 0 Å². The Balaban J connectivity index is 2.02. The van der Waals surface area contributed by atoms with Crippen molar-refractivity contribution < 1.29 is 24.2 Å². The molecule has 0 radical (unpaired) electrons. The normalized spacial score (nSPS) is 10.9. The van der Waals surface area contributed by atoms with Crippen LogP contribution in [0.2, 0.25) is 0 Å². The largest absolute Gasteiger partial charge is 0.508 e. The standard InChI is InChI=1S/C20H23NO5/c1-20(2,3)26-19(24)21-17-12-16(22)10-9-15(17)11-18(23)25-13-14-7-5-4-6-8-14/h4-10,12,22H,11,13H2,1-3H3,(H,21,24). The molecule has 2 aromatic carbocycles. The summed E-state index contributed by atoms with van der Waals surface area (Å²) in [5, 5.41) is 12.2. The van der Waals surface area contributed by atoms with E-state index in [0.717, 1.165) is 5.56 Å². The molecule has 0 aliphatic carbocycles. The summed E-state index contributed by atoms with van der Waals surface area (Å²) in [7, 11) is 0. The molecule has 0 fully saturated rings. The predicted octanol–water partition coefficient (Wildman–Crippen LogP) is 4.03. The molecule has 138 valence electrons. The second kappa shape index (κ2) is 8.38. The minimum absolute atomic E-state index is 0.0301. The average molecular weight is 357 g/mol. The van der Waals surface area contributed by atoms with Crippen LogP contribution >= 0.6 is 0 Å². The molecule has 1 amide bonds.